The van der Waals surface area contributed by atoms with E-state index in [1.54, 1.807) is 4.68 Å². The van der Waals surface area contributed by atoms with E-state index < -0.39 is 10.0 Å². The van der Waals surface area contributed by atoms with Gasteiger partial charge in [-0.25, -0.2) is 13.1 Å². The molecule has 4 N–H and O–H groups in total. The fourth-order valence-corrected chi connectivity index (χ4v) is 4.23. The van der Waals surface area contributed by atoms with Crippen molar-refractivity contribution >= 4 is 15.8 Å². The van der Waals surface area contributed by atoms with Gasteiger partial charge in [-0.3, -0.25) is 4.68 Å². The summed E-state index contributed by atoms with van der Waals surface area (Å²) in [5.74, 6) is -0.00672. The highest BCUT2D eigenvalue weighted by Crippen LogP contribution is 2.26. The van der Waals surface area contributed by atoms with Crippen LogP contribution in [0, 0.1) is 5.92 Å². The van der Waals surface area contributed by atoms with Crippen molar-refractivity contribution in [2.24, 2.45) is 5.92 Å². The molecule has 0 saturated heterocycles. The van der Waals surface area contributed by atoms with E-state index in [-0.39, 0.29) is 29.3 Å². The van der Waals surface area contributed by atoms with Gasteiger partial charge in [0.2, 0.25) is 10.0 Å². The van der Waals surface area contributed by atoms with Crippen LogP contribution in [0.1, 0.15) is 39.0 Å². The fraction of sp³-hybridized carbons (Fsp3) is 0.769. The first-order valence-electron chi connectivity index (χ1n) is 7.44. The second kappa shape index (κ2) is 6.76. The zero-order valence-electron chi connectivity index (χ0n) is 12.3. The van der Waals surface area contributed by atoms with E-state index in [2.05, 4.69) is 9.82 Å². The van der Waals surface area contributed by atoms with Gasteiger partial charge in [0.05, 0.1) is 0 Å². The third-order valence-electron chi connectivity index (χ3n) is 3.95. The molecular weight excluding hydrogens is 292 g/mol. The van der Waals surface area contributed by atoms with Crippen LogP contribution in [0.2, 0.25) is 0 Å². The van der Waals surface area contributed by atoms with Gasteiger partial charge in [0.15, 0.2) is 5.82 Å². The van der Waals surface area contributed by atoms with Gasteiger partial charge in [-0.2, -0.15) is 5.10 Å². The second-order valence-electron chi connectivity index (χ2n) is 5.60. The zero-order chi connectivity index (χ0) is 15.5. The molecule has 1 aliphatic carbocycles. The van der Waals surface area contributed by atoms with E-state index in [9.17, 15) is 13.5 Å². The van der Waals surface area contributed by atoms with E-state index in [1.807, 2.05) is 6.92 Å². The van der Waals surface area contributed by atoms with Crippen LogP contribution >= 0.6 is 0 Å². The lowest BCUT2D eigenvalue weighted by molar-refractivity contribution is 0.164. The Morgan fingerprint density at radius 3 is 2.86 bits per heavy atom. The lowest BCUT2D eigenvalue weighted by Crippen LogP contribution is -2.43. The molecule has 0 aliphatic heterocycles. The average molecular weight is 316 g/mol. The minimum atomic E-state index is -3.70. The number of aliphatic hydroxyl groups is 1. The quantitative estimate of drug-likeness (QED) is 0.715. The highest BCUT2D eigenvalue weighted by Gasteiger charge is 2.30. The van der Waals surface area contributed by atoms with E-state index in [0.29, 0.717) is 6.54 Å². The van der Waals surface area contributed by atoms with Crippen LogP contribution in [0.15, 0.2) is 11.1 Å². The molecule has 0 bridgehead atoms. The standard InChI is InChI=1S/C13H24N4O3S/c1-2-7-17-8-12(13(14)15-17)21(19,20)16-11-6-4-3-5-10(11)9-18/h8,10-11,16,18H,2-7,9H2,1H3,(H2,14,15). The SMILES string of the molecule is CCCn1cc(S(=O)(=O)NC2CCCCC2CO)c(N)n1. The summed E-state index contributed by atoms with van der Waals surface area (Å²) >= 11 is 0. The highest BCUT2D eigenvalue weighted by atomic mass is 32.2. The van der Waals surface area contributed by atoms with Crippen LogP contribution in [-0.4, -0.2) is 36.0 Å². The van der Waals surface area contributed by atoms with Crippen molar-refractivity contribution in [3.05, 3.63) is 6.20 Å². The molecule has 0 spiro atoms. The molecule has 21 heavy (non-hydrogen) atoms. The van der Waals surface area contributed by atoms with Gasteiger partial charge in [0, 0.05) is 25.4 Å². The molecule has 1 heterocycles. The lowest BCUT2D eigenvalue weighted by Gasteiger charge is -2.30. The van der Waals surface area contributed by atoms with Crippen LogP contribution in [0.4, 0.5) is 5.82 Å². The van der Waals surface area contributed by atoms with Crippen LogP contribution in [0.5, 0.6) is 0 Å². The Hall–Kier alpha value is -1.12. The first-order valence-corrected chi connectivity index (χ1v) is 8.92. The Kier molecular flexibility index (Phi) is 5.23. The molecule has 2 rings (SSSR count). The molecule has 8 heteroatoms. The number of sulfonamides is 1. The van der Waals surface area contributed by atoms with E-state index in [0.717, 1.165) is 32.1 Å². The van der Waals surface area contributed by atoms with Crippen molar-refractivity contribution in [3.63, 3.8) is 0 Å². The first-order chi connectivity index (χ1) is 9.97. The third-order valence-corrected chi connectivity index (χ3v) is 5.45. The second-order valence-corrected chi connectivity index (χ2v) is 7.28. The van der Waals surface area contributed by atoms with Crippen molar-refractivity contribution in [1.29, 1.82) is 0 Å². The Labute approximate surface area is 125 Å². The molecular formula is C13H24N4O3S. The predicted octanol–water partition coefficient (Wildman–Crippen LogP) is 0.705. The molecule has 1 aliphatic rings. The fourth-order valence-electron chi connectivity index (χ4n) is 2.81. The number of nitrogens with two attached hydrogens (primary N) is 1. The smallest absolute Gasteiger partial charge is 0.246 e. The van der Waals surface area contributed by atoms with Crippen molar-refractivity contribution < 1.29 is 13.5 Å². The summed E-state index contributed by atoms with van der Waals surface area (Å²) in [5, 5.41) is 13.4. The summed E-state index contributed by atoms with van der Waals surface area (Å²) < 4.78 is 29.2. The monoisotopic (exact) mass is 316 g/mol. The normalized spacial score (nSPS) is 23.3. The first kappa shape index (κ1) is 16.3. The summed E-state index contributed by atoms with van der Waals surface area (Å²) in [6, 6.07) is -0.234. The number of nitrogens with zero attached hydrogens (tertiary/aromatic N) is 2. The van der Waals surface area contributed by atoms with Crippen molar-refractivity contribution in [2.45, 2.75) is 56.5 Å². The average Bonchev–Trinajstić information content (AvgIpc) is 2.81. The number of aromatic nitrogens is 2. The highest BCUT2D eigenvalue weighted by molar-refractivity contribution is 7.89. The molecule has 1 aromatic rings. The van der Waals surface area contributed by atoms with Gasteiger partial charge in [0.1, 0.15) is 4.90 Å². The Balaban J connectivity index is 2.17. The van der Waals surface area contributed by atoms with Crippen LogP contribution in [-0.2, 0) is 16.6 Å². The number of rotatable bonds is 6. The van der Waals surface area contributed by atoms with Crippen LogP contribution < -0.4 is 10.5 Å². The van der Waals surface area contributed by atoms with Crippen molar-refractivity contribution in [2.75, 3.05) is 12.3 Å². The van der Waals surface area contributed by atoms with Gasteiger partial charge >= 0.3 is 0 Å². The maximum absolute atomic E-state index is 12.5. The molecule has 0 amide bonds. The molecule has 1 aromatic heterocycles. The number of hydrogen-bond acceptors (Lipinski definition) is 5. The number of nitrogen functional groups attached to an aromatic ring is 1. The molecule has 0 radical (unpaired) electrons. The minimum absolute atomic E-state index is 0.00222. The molecule has 0 aromatic carbocycles. The van der Waals surface area contributed by atoms with Crippen molar-refractivity contribution in [1.82, 2.24) is 14.5 Å². The zero-order valence-corrected chi connectivity index (χ0v) is 13.1. The molecule has 1 saturated carbocycles. The summed E-state index contributed by atoms with van der Waals surface area (Å²) in [6.07, 6.45) is 5.90. The summed E-state index contributed by atoms with van der Waals surface area (Å²) in [5.41, 5.74) is 5.73. The number of aryl methyl sites for hydroxylation is 1. The predicted molar refractivity (Wildman–Crippen MR) is 80.1 cm³/mol. The molecule has 2 atom stereocenters. The topological polar surface area (TPSA) is 110 Å². The summed E-state index contributed by atoms with van der Waals surface area (Å²) in [6.45, 7) is 2.61. The minimum Gasteiger partial charge on any atom is -0.396 e. The van der Waals surface area contributed by atoms with Gasteiger partial charge < -0.3 is 10.8 Å². The maximum Gasteiger partial charge on any atom is 0.246 e. The maximum atomic E-state index is 12.5. The molecule has 7 nitrogen and oxygen atoms in total. The molecule has 120 valence electrons. The Morgan fingerprint density at radius 2 is 2.19 bits per heavy atom. The van der Waals surface area contributed by atoms with Gasteiger partial charge in [-0.1, -0.05) is 19.8 Å². The van der Waals surface area contributed by atoms with Crippen LogP contribution in [0.25, 0.3) is 0 Å². The largest absolute Gasteiger partial charge is 0.396 e. The van der Waals surface area contributed by atoms with E-state index in [1.165, 1.54) is 6.20 Å². The summed E-state index contributed by atoms with van der Waals surface area (Å²) in [4.78, 5) is 0.0261. The number of aliphatic hydroxyl groups excluding tert-OH is 1. The van der Waals surface area contributed by atoms with E-state index in [4.69, 9.17) is 5.73 Å². The van der Waals surface area contributed by atoms with Crippen molar-refractivity contribution in [3.8, 4) is 0 Å². The number of anilines is 1. The number of nitrogens with one attached hydrogen (secondary N) is 1. The lowest BCUT2D eigenvalue weighted by atomic mass is 9.86. The van der Waals surface area contributed by atoms with Gasteiger partial charge in [-0.15, -0.1) is 0 Å². The Bertz CT molecular complexity index is 570. The van der Waals surface area contributed by atoms with E-state index >= 15 is 0 Å². The van der Waals surface area contributed by atoms with Gasteiger partial charge in [-0.05, 0) is 25.2 Å². The van der Waals surface area contributed by atoms with Gasteiger partial charge in [0.25, 0.3) is 0 Å². The third kappa shape index (κ3) is 3.75. The Morgan fingerprint density at radius 1 is 1.48 bits per heavy atom. The summed E-state index contributed by atoms with van der Waals surface area (Å²) in [7, 11) is -3.70. The molecule has 1 fully saturated rings. The molecule has 2 unspecified atom stereocenters. The number of hydrogen-bond donors (Lipinski definition) is 3. The van der Waals surface area contributed by atoms with Crippen LogP contribution in [0.3, 0.4) is 0 Å².